The molecule has 6 N–H and O–H groups in total. The summed E-state index contributed by atoms with van der Waals surface area (Å²) in [6, 6.07) is -1.66. The number of aliphatic carboxylic acids is 1. The Morgan fingerprint density at radius 2 is 1.54 bits per heavy atom. The van der Waals surface area contributed by atoms with Crippen molar-refractivity contribution in [2.24, 2.45) is 0 Å². The molecule has 0 aliphatic heterocycles. The summed E-state index contributed by atoms with van der Waals surface area (Å²) in [5.41, 5.74) is 0. The molecule has 0 heterocycles. The first-order valence-electron chi connectivity index (χ1n) is 6.24. The molecule has 0 aliphatic carbocycles. The van der Waals surface area contributed by atoms with Crippen LogP contribution in [0.3, 0.4) is 0 Å². The second-order valence-electron chi connectivity index (χ2n) is 4.72. The quantitative estimate of drug-likeness (QED) is 0.123. The number of nitrogens with zero attached hydrogens (tertiary/aromatic N) is 1. The van der Waals surface area contributed by atoms with E-state index >= 15 is 0 Å². The first-order valence-corrected chi connectivity index (χ1v) is 7.05. The number of aliphatic hydroxyl groups is 6. The standard InChI is InChI=1S/C11H21NO8S2.2Na/c1-4(14)7(10(19)20)12(11(21)22)2-5(15)8(17)9(18)6(16)3-13;;/h4-9,13-18H,2-3H2,1H3,(H,19,20)(H,21,22);;/q;2*+1/p-2/t4-,5?,6?,7+,8?,9?;;/m1../s1. The van der Waals surface area contributed by atoms with E-state index in [9.17, 15) is 35.4 Å². The Morgan fingerprint density at radius 3 is 1.83 bits per heavy atom. The summed E-state index contributed by atoms with van der Waals surface area (Å²) in [6.07, 6.45) is -8.71. The molecule has 0 rings (SSSR count). The molecule has 13 heteroatoms. The molecule has 4 unspecified atom stereocenters. The van der Waals surface area contributed by atoms with Gasteiger partial charge in [0.2, 0.25) is 0 Å². The summed E-state index contributed by atoms with van der Waals surface area (Å²) < 4.78 is -0.404. The Balaban J connectivity index is -0.00000220. The third-order valence-electron chi connectivity index (χ3n) is 2.98. The van der Waals surface area contributed by atoms with E-state index in [1.54, 1.807) is 0 Å². The SMILES string of the molecule is C[C@@H](O)[C@@H](C(=O)[O-])N(CC(O)C(O)C(O)C(O)CO)C(=S)[S-].[Na+].[Na+]. The number of carbonyl (C=O) groups excluding carboxylic acids is 1. The van der Waals surface area contributed by atoms with Crippen molar-refractivity contribution in [2.45, 2.75) is 43.5 Å². The van der Waals surface area contributed by atoms with Crippen molar-refractivity contribution < 1.29 is 99.7 Å². The number of aliphatic hydroxyl groups excluding tert-OH is 6. The zero-order valence-corrected chi connectivity index (χ0v) is 19.3. The number of carboxylic acids is 1. The molecule has 6 atom stereocenters. The van der Waals surface area contributed by atoms with Gasteiger partial charge in [0.15, 0.2) is 0 Å². The summed E-state index contributed by atoms with van der Waals surface area (Å²) in [6.45, 7) is -0.347. The fourth-order valence-corrected chi connectivity index (χ4v) is 2.14. The van der Waals surface area contributed by atoms with Crippen LogP contribution in [0.25, 0.3) is 0 Å². The minimum Gasteiger partial charge on any atom is -0.548 e. The van der Waals surface area contributed by atoms with Gasteiger partial charge in [-0.1, -0.05) is 4.32 Å². The van der Waals surface area contributed by atoms with Gasteiger partial charge >= 0.3 is 59.1 Å². The molecule has 0 aromatic carbocycles. The first kappa shape index (κ1) is 30.1. The predicted molar refractivity (Wildman–Crippen MR) is 78.3 cm³/mol. The summed E-state index contributed by atoms with van der Waals surface area (Å²) in [7, 11) is 0. The number of carbonyl (C=O) groups is 1. The van der Waals surface area contributed by atoms with Crippen molar-refractivity contribution in [3.63, 3.8) is 0 Å². The van der Waals surface area contributed by atoms with E-state index in [2.05, 4.69) is 24.8 Å². The molecule has 9 nitrogen and oxygen atoms in total. The third kappa shape index (κ3) is 9.33. The molecule has 0 aromatic heterocycles. The number of carboxylic acid groups (broad SMARTS) is 1. The second-order valence-corrected chi connectivity index (χ2v) is 5.75. The number of thiocarbonyl (C=S) groups is 1. The maximum absolute atomic E-state index is 11.0. The maximum Gasteiger partial charge on any atom is 1.00 e. The molecule has 0 aliphatic rings. The van der Waals surface area contributed by atoms with Crippen LogP contribution in [0.1, 0.15) is 6.92 Å². The van der Waals surface area contributed by atoms with E-state index in [1.807, 2.05) is 0 Å². The smallest absolute Gasteiger partial charge is 0.548 e. The zero-order chi connectivity index (χ0) is 17.6. The van der Waals surface area contributed by atoms with Gasteiger partial charge in [-0.05, 0) is 6.92 Å². The van der Waals surface area contributed by atoms with E-state index in [1.165, 1.54) is 0 Å². The molecule has 24 heavy (non-hydrogen) atoms. The summed E-state index contributed by atoms with van der Waals surface area (Å²) >= 11 is 9.34. The molecule has 0 aromatic rings. The van der Waals surface area contributed by atoms with E-state index in [4.69, 9.17) is 5.11 Å². The van der Waals surface area contributed by atoms with Crippen molar-refractivity contribution in [2.75, 3.05) is 13.2 Å². The van der Waals surface area contributed by atoms with Gasteiger partial charge in [-0.3, -0.25) is 0 Å². The van der Waals surface area contributed by atoms with Crippen LogP contribution in [0.15, 0.2) is 0 Å². The summed E-state index contributed by atoms with van der Waals surface area (Å²) in [5, 5.41) is 67.4. The monoisotopic (exact) mass is 403 g/mol. The van der Waals surface area contributed by atoms with Crippen LogP contribution < -0.4 is 64.2 Å². The van der Waals surface area contributed by atoms with E-state index < -0.39 is 60.0 Å². The average Bonchev–Trinajstić information content (AvgIpc) is 2.42. The summed E-state index contributed by atoms with van der Waals surface area (Å²) in [4.78, 5) is 11.8. The van der Waals surface area contributed by atoms with Crippen LogP contribution >= 0.6 is 12.2 Å². The largest absolute Gasteiger partial charge is 1.00 e. The molecule has 130 valence electrons. The predicted octanol–water partition coefficient (Wildman–Crippen LogP) is -10.9. The van der Waals surface area contributed by atoms with Crippen molar-refractivity contribution in [3.8, 4) is 0 Å². The first-order chi connectivity index (χ1) is 10.0. The van der Waals surface area contributed by atoms with E-state index in [0.717, 1.165) is 11.8 Å². The van der Waals surface area contributed by atoms with Gasteiger partial charge in [-0.2, -0.15) is 0 Å². The maximum atomic E-state index is 11.0. The van der Waals surface area contributed by atoms with Gasteiger partial charge in [0.05, 0.1) is 30.8 Å². The Bertz CT molecular complexity index is 393. The average molecular weight is 403 g/mol. The molecule has 0 bridgehead atoms. The molecule has 0 amide bonds. The Hall–Kier alpha value is 1.34. The molecular weight excluding hydrogens is 384 g/mol. The van der Waals surface area contributed by atoms with Gasteiger partial charge in [0.25, 0.3) is 0 Å². The molecule has 0 saturated heterocycles. The third-order valence-corrected chi connectivity index (χ3v) is 3.45. The van der Waals surface area contributed by atoms with Gasteiger partial charge in [-0.25, -0.2) is 0 Å². The summed E-state index contributed by atoms with van der Waals surface area (Å²) in [5.74, 6) is -1.69. The minimum absolute atomic E-state index is 0. The fourth-order valence-electron chi connectivity index (χ4n) is 1.76. The van der Waals surface area contributed by atoms with Gasteiger partial charge in [0, 0.05) is 6.54 Å². The van der Waals surface area contributed by atoms with Crippen molar-refractivity contribution in [1.82, 2.24) is 4.90 Å². The Labute approximate surface area is 194 Å². The second kappa shape index (κ2) is 14.4. The van der Waals surface area contributed by atoms with Crippen LogP contribution in [0.2, 0.25) is 0 Å². The van der Waals surface area contributed by atoms with Gasteiger partial charge in [0.1, 0.15) is 18.3 Å². The van der Waals surface area contributed by atoms with Crippen molar-refractivity contribution >= 4 is 35.1 Å². The fraction of sp³-hybridized carbons (Fsp3) is 0.818. The molecular formula is C11H19NNa2O8S2. The Morgan fingerprint density at radius 1 is 1.12 bits per heavy atom. The van der Waals surface area contributed by atoms with E-state index in [0.29, 0.717) is 0 Å². The van der Waals surface area contributed by atoms with Crippen LogP contribution in [-0.4, -0.2) is 95.5 Å². The number of hydrogen-bond acceptors (Lipinski definition) is 10. The van der Waals surface area contributed by atoms with Crippen LogP contribution in [0, 0.1) is 0 Å². The van der Waals surface area contributed by atoms with Gasteiger partial charge in [-0.15, -0.1) is 0 Å². The van der Waals surface area contributed by atoms with Crippen LogP contribution in [0.5, 0.6) is 0 Å². The van der Waals surface area contributed by atoms with Crippen LogP contribution in [0.4, 0.5) is 0 Å². The zero-order valence-electron chi connectivity index (χ0n) is 13.6. The molecule has 0 saturated carbocycles. The molecule has 0 fully saturated rings. The Kier molecular flexibility index (Phi) is 18.1. The van der Waals surface area contributed by atoms with Gasteiger partial charge < -0.3 is 70.3 Å². The number of hydrogen-bond donors (Lipinski definition) is 6. The number of rotatable bonds is 9. The minimum atomic E-state index is -1.91. The normalized spacial score (nSPS) is 18.0. The van der Waals surface area contributed by atoms with E-state index in [-0.39, 0.29) is 59.1 Å². The van der Waals surface area contributed by atoms with Crippen molar-refractivity contribution in [3.05, 3.63) is 0 Å². The molecule has 0 radical (unpaired) electrons. The molecule has 0 spiro atoms. The van der Waals surface area contributed by atoms with Crippen LogP contribution in [-0.2, 0) is 17.4 Å². The topological polar surface area (TPSA) is 165 Å². The van der Waals surface area contributed by atoms with Crippen molar-refractivity contribution in [1.29, 1.82) is 0 Å².